The standard InChI is InChI=1S/C18H16F3NO3S/c1-24-15-5-6-16(17(10-15)25-12-23)22-11-26-8-7-13-3-2-4-14(9-13)18(19,20)21/h2-6,8-12,22H,7H2,1H3. The Morgan fingerprint density at radius 1 is 1.19 bits per heavy atom. The lowest BCUT2D eigenvalue weighted by molar-refractivity contribution is -0.137. The van der Waals surface area contributed by atoms with Crippen molar-refractivity contribution >= 4 is 34.0 Å². The van der Waals surface area contributed by atoms with Crippen LogP contribution in [0.2, 0.25) is 0 Å². The smallest absolute Gasteiger partial charge is 0.416 e. The van der Waals surface area contributed by atoms with Gasteiger partial charge >= 0.3 is 6.18 Å². The minimum Gasteiger partial charge on any atom is -0.497 e. The Balaban J connectivity index is 2.04. The number of halogens is 3. The number of alkyl halides is 3. The van der Waals surface area contributed by atoms with Crippen molar-refractivity contribution in [1.29, 1.82) is 0 Å². The van der Waals surface area contributed by atoms with E-state index in [0.717, 1.165) is 12.1 Å². The van der Waals surface area contributed by atoms with Crippen molar-refractivity contribution in [3.63, 3.8) is 0 Å². The van der Waals surface area contributed by atoms with Gasteiger partial charge in [0.25, 0.3) is 6.47 Å². The molecule has 138 valence electrons. The predicted octanol–water partition coefficient (Wildman–Crippen LogP) is 4.20. The molecular formula is C18H16F3NO3S. The average Bonchev–Trinajstić information content (AvgIpc) is 2.62. The van der Waals surface area contributed by atoms with Crippen LogP contribution in [0.5, 0.6) is 11.5 Å². The van der Waals surface area contributed by atoms with Crippen LogP contribution in [0.25, 0.3) is 0 Å². The molecule has 1 N–H and O–H groups in total. The van der Waals surface area contributed by atoms with Crippen LogP contribution in [0.4, 0.5) is 18.9 Å². The van der Waals surface area contributed by atoms with Crippen molar-refractivity contribution in [3.05, 3.63) is 53.6 Å². The molecule has 0 aliphatic rings. The number of ether oxygens (including phenoxy) is 2. The fraction of sp³-hybridized carbons (Fsp3) is 0.167. The summed E-state index contributed by atoms with van der Waals surface area (Å²) < 4.78 is 48.0. The molecule has 0 heterocycles. The Labute approximate surface area is 152 Å². The number of anilines is 1. The van der Waals surface area contributed by atoms with E-state index in [1.165, 1.54) is 24.1 Å². The molecule has 0 fully saturated rings. The van der Waals surface area contributed by atoms with Gasteiger partial charge in [0.2, 0.25) is 0 Å². The van der Waals surface area contributed by atoms with Crippen LogP contribution >= 0.6 is 10.9 Å². The summed E-state index contributed by atoms with van der Waals surface area (Å²) >= 11 is 0. The van der Waals surface area contributed by atoms with Crippen LogP contribution < -0.4 is 14.8 Å². The van der Waals surface area contributed by atoms with Crippen LogP contribution in [-0.2, 0) is 17.4 Å². The maximum Gasteiger partial charge on any atom is 0.416 e. The molecule has 0 amide bonds. The second kappa shape index (κ2) is 9.10. The summed E-state index contributed by atoms with van der Waals surface area (Å²) in [5, 5.41) is 4.71. The van der Waals surface area contributed by atoms with E-state index in [0.29, 0.717) is 35.6 Å². The van der Waals surface area contributed by atoms with Gasteiger partial charge in [0, 0.05) is 12.5 Å². The molecule has 0 aliphatic heterocycles. The summed E-state index contributed by atoms with van der Waals surface area (Å²) in [4.78, 5) is 10.6. The van der Waals surface area contributed by atoms with E-state index in [4.69, 9.17) is 9.47 Å². The molecule has 2 aromatic carbocycles. The van der Waals surface area contributed by atoms with Gasteiger partial charge in [0.1, 0.15) is 5.75 Å². The first-order valence-corrected chi connectivity index (χ1v) is 8.38. The molecule has 0 saturated carbocycles. The van der Waals surface area contributed by atoms with Gasteiger partial charge in [-0.05, 0) is 29.1 Å². The van der Waals surface area contributed by atoms with E-state index >= 15 is 0 Å². The van der Waals surface area contributed by atoms with Crippen LogP contribution in [0.3, 0.4) is 0 Å². The summed E-state index contributed by atoms with van der Waals surface area (Å²) in [7, 11) is 2.77. The molecule has 0 radical (unpaired) electrons. The number of hydrogen-bond acceptors (Lipinski definition) is 3. The second-order valence-electron chi connectivity index (χ2n) is 5.04. The Morgan fingerprint density at radius 2 is 2.00 bits per heavy atom. The third-order valence-corrected chi connectivity index (χ3v) is 3.93. The first-order chi connectivity index (χ1) is 12.4. The summed E-state index contributed by atoms with van der Waals surface area (Å²) in [6.45, 7) is 0.312. The number of hydrogen-bond donors (Lipinski definition) is 1. The number of carbonyl (C=O) groups is 1. The Kier molecular flexibility index (Phi) is 6.85. The van der Waals surface area contributed by atoms with Gasteiger partial charge < -0.3 is 14.8 Å². The first-order valence-electron chi connectivity index (χ1n) is 7.44. The van der Waals surface area contributed by atoms with Crippen molar-refractivity contribution in [2.24, 2.45) is 0 Å². The SMILES string of the molecule is COc1ccc(NC=S=CCc2cccc(C(F)(F)F)c2)c(OC=O)c1. The minimum atomic E-state index is -4.35. The Morgan fingerprint density at radius 3 is 2.69 bits per heavy atom. The van der Waals surface area contributed by atoms with E-state index in [1.807, 2.05) is 0 Å². The fourth-order valence-corrected chi connectivity index (χ4v) is 2.64. The summed E-state index contributed by atoms with van der Waals surface area (Å²) in [6.07, 6.45) is -3.98. The highest BCUT2D eigenvalue weighted by atomic mass is 32.1. The van der Waals surface area contributed by atoms with Crippen molar-refractivity contribution in [2.45, 2.75) is 12.6 Å². The van der Waals surface area contributed by atoms with Gasteiger partial charge in [-0.15, -0.1) is 10.9 Å². The monoisotopic (exact) mass is 383 g/mol. The normalized spacial score (nSPS) is 10.6. The lowest BCUT2D eigenvalue weighted by Gasteiger charge is -2.08. The number of nitrogens with one attached hydrogen (secondary N) is 1. The molecule has 0 unspecified atom stereocenters. The zero-order valence-corrected chi connectivity index (χ0v) is 14.6. The highest BCUT2D eigenvalue weighted by Crippen LogP contribution is 2.30. The highest BCUT2D eigenvalue weighted by Gasteiger charge is 2.30. The van der Waals surface area contributed by atoms with Crippen LogP contribution in [0.15, 0.2) is 42.5 Å². The molecule has 26 heavy (non-hydrogen) atoms. The lowest BCUT2D eigenvalue weighted by atomic mass is 10.1. The molecule has 0 spiro atoms. The van der Waals surface area contributed by atoms with Crippen LogP contribution in [-0.4, -0.2) is 24.4 Å². The van der Waals surface area contributed by atoms with E-state index in [9.17, 15) is 18.0 Å². The molecule has 8 heteroatoms. The first kappa shape index (κ1) is 19.6. The van der Waals surface area contributed by atoms with E-state index in [2.05, 4.69) is 5.32 Å². The highest BCUT2D eigenvalue weighted by molar-refractivity contribution is 7.96. The third kappa shape index (κ3) is 5.66. The lowest BCUT2D eigenvalue weighted by Crippen LogP contribution is -2.05. The van der Waals surface area contributed by atoms with Crippen molar-refractivity contribution in [2.75, 3.05) is 12.4 Å². The van der Waals surface area contributed by atoms with Crippen molar-refractivity contribution in [3.8, 4) is 11.5 Å². The molecule has 0 atom stereocenters. The van der Waals surface area contributed by atoms with Gasteiger partial charge in [-0.3, -0.25) is 4.79 Å². The zero-order valence-electron chi connectivity index (χ0n) is 13.7. The van der Waals surface area contributed by atoms with E-state index in [1.54, 1.807) is 35.1 Å². The Hall–Kier alpha value is -2.74. The third-order valence-electron chi connectivity index (χ3n) is 3.32. The average molecular weight is 383 g/mol. The molecule has 0 saturated heterocycles. The molecule has 4 nitrogen and oxygen atoms in total. The van der Waals surface area contributed by atoms with E-state index in [-0.39, 0.29) is 0 Å². The van der Waals surface area contributed by atoms with E-state index < -0.39 is 11.7 Å². The van der Waals surface area contributed by atoms with Crippen molar-refractivity contribution < 1.29 is 27.4 Å². The number of carbonyl (C=O) groups excluding carboxylic acids is 1. The van der Waals surface area contributed by atoms with Gasteiger partial charge in [-0.2, -0.15) is 13.2 Å². The molecule has 0 bridgehead atoms. The van der Waals surface area contributed by atoms with Gasteiger partial charge in [0.15, 0.2) is 5.75 Å². The molecular weight excluding hydrogens is 367 g/mol. The quantitative estimate of drug-likeness (QED) is 0.575. The topological polar surface area (TPSA) is 47.6 Å². The Bertz CT molecular complexity index is 831. The number of benzene rings is 2. The molecule has 2 rings (SSSR count). The zero-order chi connectivity index (χ0) is 19.0. The molecule has 0 aromatic heterocycles. The second-order valence-corrected chi connectivity index (χ2v) is 5.88. The van der Waals surface area contributed by atoms with Crippen LogP contribution in [0.1, 0.15) is 11.1 Å². The predicted molar refractivity (Wildman–Crippen MR) is 98.2 cm³/mol. The fourth-order valence-electron chi connectivity index (χ4n) is 2.06. The van der Waals surface area contributed by atoms with Gasteiger partial charge in [-0.25, -0.2) is 0 Å². The minimum absolute atomic E-state index is 0.300. The van der Waals surface area contributed by atoms with Crippen LogP contribution in [0, 0.1) is 0 Å². The summed E-state index contributed by atoms with van der Waals surface area (Å²) in [5.74, 6) is 0.838. The largest absolute Gasteiger partial charge is 0.497 e. The maximum atomic E-state index is 12.7. The molecule has 0 aliphatic carbocycles. The van der Waals surface area contributed by atoms with Crippen molar-refractivity contribution in [1.82, 2.24) is 0 Å². The summed E-state index contributed by atoms with van der Waals surface area (Å²) in [5.41, 5.74) is 2.09. The maximum absolute atomic E-state index is 12.7. The number of methoxy groups -OCH3 is 1. The molecule has 2 aromatic rings. The summed E-state index contributed by atoms with van der Waals surface area (Å²) in [6, 6.07) is 10.1. The van der Waals surface area contributed by atoms with Gasteiger partial charge in [-0.1, -0.05) is 18.2 Å². The van der Waals surface area contributed by atoms with Gasteiger partial charge in [0.05, 0.1) is 23.9 Å². The number of rotatable bonds is 7.